The third kappa shape index (κ3) is 2.43. The highest BCUT2D eigenvalue weighted by Crippen LogP contribution is 2.18. The number of thioether (sulfide) groups is 1. The van der Waals surface area contributed by atoms with Gasteiger partial charge in [-0.15, -0.1) is 0 Å². The number of carboxylic acids is 1. The molecule has 1 rings (SSSR count). The first kappa shape index (κ1) is 11.3. The molecule has 0 aromatic rings. The molecule has 0 aromatic carbocycles. The average molecular weight is 209 g/mol. The van der Waals surface area contributed by atoms with Gasteiger partial charge in [0.15, 0.2) is 0 Å². The van der Waals surface area contributed by atoms with Crippen LogP contribution in [0.25, 0.3) is 0 Å². The van der Waals surface area contributed by atoms with Crippen LogP contribution >= 0.6 is 24.0 Å². The Bertz CT molecular complexity index is 213. The zero-order chi connectivity index (χ0) is 8.43. The molecule has 0 aliphatic carbocycles. The predicted octanol–water partition coefficient (Wildman–Crippen LogP) is -0.893. The molecule has 7 heteroatoms. The van der Waals surface area contributed by atoms with E-state index in [1.807, 2.05) is 0 Å². The summed E-state index contributed by atoms with van der Waals surface area (Å²) in [5, 5.41) is 8.35. The Kier molecular flexibility index (Phi) is 4.15. The summed E-state index contributed by atoms with van der Waals surface area (Å²) >= 11 is 5.94. The molecule has 1 saturated heterocycles. The SMILES string of the molecule is O.O=C(O)CN1C(=O)CSC1=S. The standard InChI is InChI=1S/C5H5NO3S2.H2O/c7-3-2-11-5(10)6(3)1-4(8)9;/h1-2H2,(H,8,9);1H2. The van der Waals surface area contributed by atoms with Gasteiger partial charge in [0.25, 0.3) is 0 Å². The second kappa shape index (κ2) is 4.39. The van der Waals surface area contributed by atoms with Gasteiger partial charge in [0.1, 0.15) is 10.9 Å². The lowest BCUT2D eigenvalue weighted by Gasteiger charge is -2.10. The van der Waals surface area contributed by atoms with Crippen LogP contribution in [0.4, 0.5) is 0 Å². The molecule has 1 heterocycles. The number of hydrogen-bond acceptors (Lipinski definition) is 4. The number of aliphatic carboxylic acids is 1. The van der Waals surface area contributed by atoms with Gasteiger partial charge < -0.3 is 10.6 Å². The summed E-state index contributed by atoms with van der Waals surface area (Å²) in [7, 11) is 0. The van der Waals surface area contributed by atoms with Crippen LogP contribution in [0, 0.1) is 0 Å². The minimum Gasteiger partial charge on any atom is -0.480 e. The van der Waals surface area contributed by atoms with Gasteiger partial charge in [-0.25, -0.2) is 0 Å². The number of rotatable bonds is 2. The Morgan fingerprint density at radius 1 is 1.75 bits per heavy atom. The van der Waals surface area contributed by atoms with Crippen LogP contribution in [0.1, 0.15) is 0 Å². The third-order valence-corrected chi connectivity index (χ3v) is 2.57. The summed E-state index contributed by atoms with van der Waals surface area (Å²) in [6, 6.07) is 0. The van der Waals surface area contributed by atoms with Crippen molar-refractivity contribution in [2.75, 3.05) is 12.3 Å². The van der Waals surface area contributed by atoms with Gasteiger partial charge in [0, 0.05) is 0 Å². The summed E-state index contributed by atoms with van der Waals surface area (Å²) in [5.41, 5.74) is 0. The Labute approximate surface area is 78.0 Å². The van der Waals surface area contributed by atoms with E-state index in [0.717, 1.165) is 4.90 Å². The van der Waals surface area contributed by atoms with E-state index in [9.17, 15) is 9.59 Å². The second-order valence-electron chi connectivity index (χ2n) is 1.93. The van der Waals surface area contributed by atoms with E-state index in [1.165, 1.54) is 11.8 Å². The van der Waals surface area contributed by atoms with Gasteiger partial charge in [0.2, 0.25) is 5.91 Å². The monoisotopic (exact) mass is 209 g/mol. The lowest BCUT2D eigenvalue weighted by molar-refractivity contribution is -0.140. The van der Waals surface area contributed by atoms with Gasteiger partial charge in [-0.1, -0.05) is 24.0 Å². The van der Waals surface area contributed by atoms with Gasteiger partial charge in [-0.2, -0.15) is 0 Å². The molecule has 0 saturated carbocycles. The summed E-state index contributed by atoms with van der Waals surface area (Å²) in [6.07, 6.45) is 0. The number of carboxylic acid groups (broad SMARTS) is 1. The molecule has 1 fully saturated rings. The molecule has 68 valence electrons. The number of thiocarbonyl (C=S) groups is 1. The van der Waals surface area contributed by atoms with E-state index in [1.54, 1.807) is 0 Å². The Hall–Kier alpha value is -0.660. The maximum absolute atomic E-state index is 10.9. The maximum Gasteiger partial charge on any atom is 0.323 e. The molecule has 0 unspecified atom stereocenters. The molecule has 1 aliphatic heterocycles. The van der Waals surface area contributed by atoms with Crippen LogP contribution < -0.4 is 0 Å². The van der Waals surface area contributed by atoms with Gasteiger partial charge in [0.05, 0.1) is 5.75 Å². The van der Waals surface area contributed by atoms with Crippen molar-refractivity contribution < 1.29 is 20.2 Å². The molecule has 12 heavy (non-hydrogen) atoms. The maximum atomic E-state index is 10.9. The molecule has 0 aromatic heterocycles. The van der Waals surface area contributed by atoms with Crippen molar-refractivity contribution in [3.63, 3.8) is 0 Å². The molecular formula is C5H7NO4S2. The van der Waals surface area contributed by atoms with Crippen LogP contribution in [-0.4, -0.2) is 44.0 Å². The molecule has 5 nitrogen and oxygen atoms in total. The molecule has 0 atom stereocenters. The first-order valence-electron chi connectivity index (χ1n) is 2.80. The first-order valence-corrected chi connectivity index (χ1v) is 4.19. The van der Waals surface area contributed by atoms with Crippen molar-refractivity contribution in [3.05, 3.63) is 0 Å². The quantitative estimate of drug-likeness (QED) is 0.596. The third-order valence-electron chi connectivity index (χ3n) is 1.13. The molecule has 0 bridgehead atoms. The smallest absolute Gasteiger partial charge is 0.323 e. The Morgan fingerprint density at radius 2 is 2.33 bits per heavy atom. The fourth-order valence-corrected chi connectivity index (χ4v) is 1.74. The topological polar surface area (TPSA) is 89.1 Å². The number of carbonyl (C=O) groups excluding carboxylic acids is 1. The van der Waals surface area contributed by atoms with Crippen LogP contribution in [0.5, 0.6) is 0 Å². The van der Waals surface area contributed by atoms with Crippen molar-refractivity contribution in [3.8, 4) is 0 Å². The molecule has 0 radical (unpaired) electrons. The van der Waals surface area contributed by atoms with E-state index in [0.29, 0.717) is 4.32 Å². The van der Waals surface area contributed by atoms with Crippen molar-refractivity contribution in [1.82, 2.24) is 4.90 Å². The second-order valence-corrected chi connectivity index (χ2v) is 3.54. The highest BCUT2D eigenvalue weighted by Gasteiger charge is 2.27. The summed E-state index contributed by atoms with van der Waals surface area (Å²) in [4.78, 5) is 22.2. The average Bonchev–Trinajstić information content (AvgIpc) is 2.18. The van der Waals surface area contributed by atoms with E-state index < -0.39 is 5.97 Å². The van der Waals surface area contributed by atoms with Crippen LogP contribution in [-0.2, 0) is 9.59 Å². The fourth-order valence-electron chi connectivity index (χ4n) is 0.669. The first-order chi connectivity index (χ1) is 5.11. The molecule has 3 N–H and O–H groups in total. The van der Waals surface area contributed by atoms with E-state index in [4.69, 9.17) is 17.3 Å². The number of hydrogen-bond donors (Lipinski definition) is 1. The number of carbonyl (C=O) groups is 2. The van der Waals surface area contributed by atoms with Crippen LogP contribution in [0.3, 0.4) is 0 Å². The van der Waals surface area contributed by atoms with Crippen LogP contribution in [0.15, 0.2) is 0 Å². The highest BCUT2D eigenvalue weighted by atomic mass is 32.2. The van der Waals surface area contributed by atoms with Crippen molar-refractivity contribution in [1.29, 1.82) is 0 Å². The zero-order valence-electron chi connectivity index (χ0n) is 5.94. The lowest BCUT2D eigenvalue weighted by atomic mass is 10.5. The van der Waals surface area contributed by atoms with Gasteiger partial charge in [-0.3, -0.25) is 14.5 Å². The normalized spacial score (nSPS) is 16.2. The van der Waals surface area contributed by atoms with Gasteiger partial charge >= 0.3 is 5.97 Å². The van der Waals surface area contributed by atoms with Crippen LogP contribution in [0.2, 0.25) is 0 Å². The number of nitrogens with zero attached hydrogens (tertiary/aromatic N) is 1. The van der Waals surface area contributed by atoms with Crippen molar-refractivity contribution >= 4 is 40.2 Å². The minimum absolute atomic E-state index is 0. The van der Waals surface area contributed by atoms with Gasteiger partial charge in [-0.05, 0) is 0 Å². The molecule has 1 amide bonds. The van der Waals surface area contributed by atoms with E-state index >= 15 is 0 Å². The van der Waals surface area contributed by atoms with E-state index in [-0.39, 0.29) is 23.7 Å². The molecular weight excluding hydrogens is 202 g/mol. The summed E-state index contributed by atoms with van der Waals surface area (Å²) in [6.45, 7) is -0.315. The Morgan fingerprint density at radius 3 is 2.67 bits per heavy atom. The highest BCUT2D eigenvalue weighted by molar-refractivity contribution is 8.23. The fraction of sp³-hybridized carbons (Fsp3) is 0.400. The summed E-state index contributed by atoms with van der Waals surface area (Å²) in [5.74, 6) is -0.989. The Balaban J connectivity index is 0.00000121. The van der Waals surface area contributed by atoms with E-state index in [2.05, 4.69) is 0 Å². The zero-order valence-corrected chi connectivity index (χ0v) is 7.57. The summed E-state index contributed by atoms with van der Waals surface area (Å²) < 4.78 is 0.359. The van der Waals surface area contributed by atoms with Crippen molar-refractivity contribution in [2.24, 2.45) is 0 Å². The van der Waals surface area contributed by atoms with Crippen molar-refractivity contribution in [2.45, 2.75) is 0 Å². The lowest BCUT2D eigenvalue weighted by Crippen LogP contribution is -2.33. The number of amides is 1. The largest absolute Gasteiger partial charge is 0.480 e. The predicted molar refractivity (Wildman–Crippen MR) is 48.0 cm³/mol. The molecule has 1 aliphatic rings. The molecule has 0 spiro atoms. The minimum atomic E-state index is -1.04.